The van der Waals surface area contributed by atoms with Crippen LogP contribution in [0.25, 0.3) is 10.9 Å². The van der Waals surface area contributed by atoms with Crippen LogP contribution in [0, 0.1) is 17.2 Å². The molecule has 0 unspecified atom stereocenters. The number of hydrogen-bond acceptors (Lipinski definition) is 6. The van der Waals surface area contributed by atoms with Crippen molar-refractivity contribution in [1.82, 2.24) is 4.98 Å². The number of aromatic nitrogens is 1. The van der Waals surface area contributed by atoms with Crippen molar-refractivity contribution < 1.29 is 14.3 Å². The Morgan fingerprint density at radius 2 is 1.94 bits per heavy atom. The Bertz CT molecular complexity index is 1180. The van der Waals surface area contributed by atoms with E-state index >= 15 is 0 Å². The van der Waals surface area contributed by atoms with E-state index in [1.807, 2.05) is 24.3 Å². The second-order valence-corrected chi connectivity index (χ2v) is 7.47. The van der Waals surface area contributed by atoms with Crippen molar-refractivity contribution in [2.45, 2.75) is 12.8 Å². The number of carbonyl (C=O) groups is 2. The minimum Gasteiger partial charge on any atom is -0.465 e. The zero-order chi connectivity index (χ0) is 21.8. The summed E-state index contributed by atoms with van der Waals surface area (Å²) >= 11 is 0. The number of ether oxygens (including phenoxy) is 1. The van der Waals surface area contributed by atoms with Crippen molar-refractivity contribution >= 4 is 34.2 Å². The summed E-state index contributed by atoms with van der Waals surface area (Å²) in [5, 5.41) is 13.4. The minimum atomic E-state index is -0.442. The Morgan fingerprint density at radius 3 is 2.68 bits per heavy atom. The number of piperidine rings is 1. The smallest absolute Gasteiger partial charge is 0.337 e. The van der Waals surface area contributed by atoms with E-state index < -0.39 is 5.97 Å². The van der Waals surface area contributed by atoms with E-state index in [1.165, 1.54) is 7.11 Å². The van der Waals surface area contributed by atoms with Gasteiger partial charge in [-0.1, -0.05) is 24.3 Å². The van der Waals surface area contributed by atoms with Gasteiger partial charge < -0.3 is 15.0 Å². The maximum Gasteiger partial charge on any atom is 0.337 e. The molecule has 1 saturated heterocycles. The third-order valence-electron chi connectivity index (χ3n) is 5.60. The Balaban J connectivity index is 1.46. The number of hydrogen-bond donors (Lipinski definition) is 1. The molecular weight excluding hydrogens is 392 g/mol. The fourth-order valence-corrected chi connectivity index (χ4v) is 4.00. The van der Waals surface area contributed by atoms with Gasteiger partial charge in [-0.15, -0.1) is 0 Å². The van der Waals surface area contributed by atoms with Crippen LogP contribution in [0.3, 0.4) is 0 Å². The molecule has 7 nitrogen and oxygen atoms in total. The molecule has 0 radical (unpaired) electrons. The second kappa shape index (κ2) is 8.84. The van der Waals surface area contributed by atoms with Gasteiger partial charge in [-0.2, -0.15) is 5.26 Å². The number of anilines is 2. The molecular formula is C24H22N4O3. The van der Waals surface area contributed by atoms with E-state index in [9.17, 15) is 14.9 Å². The lowest BCUT2D eigenvalue weighted by Crippen LogP contribution is -2.38. The van der Waals surface area contributed by atoms with Gasteiger partial charge >= 0.3 is 5.97 Å². The Labute approximate surface area is 180 Å². The molecule has 2 heterocycles. The van der Waals surface area contributed by atoms with E-state index in [4.69, 9.17) is 4.74 Å². The fraction of sp³-hybridized carbons (Fsp3) is 0.250. The molecule has 2 aromatic carbocycles. The van der Waals surface area contributed by atoms with E-state index in [-0.39, 0.29) is 11.8 Å². The average Bonchev–Trinajstić information content (AvgIpc) is 2.83. The molecule has 1 aromatic heterocycles. The number of rotatable bonds is 4. The summed E-state index contributed by atoms with van der Waals surface area (Å²) < 4.78 is 4.73. The number of fused-ring (bicyclic) bond motifs is 1. The molecule has 31 heavy (non-hydrogen) atoms. The Hall–Kier alpha value is -3.92. The van der Waals surface area contributed by atoms with Crippen LogP contribution in [0.4, 0.5) is 11.4 Å². The molecule has 0 aliphatic carbocycles. The molecule has 1 aliphatic heterocycles. The highest BCUT2D eigenvalue weighted by Gasteiger charge is 2.27. The Morgan fingerprint density at radius 1 is 1.16 bits per heavy atom. The van der Waals surface area contributed by atoms with Crippen molar-refractivity contribution in [2.75, 3.05) is 30.4 Å². The monoisotopic (exact) mass is 414 g/mol. The lowest BCUT2D eigenvalue weighted by Gasteiger charge is -2.34. The molecule has 4 rings (SSSR count). The van der Waals surface area contributed by atoms with Crippen LogP contribution in [0.5, 0.6) is 0 Å². The summed E-state index contributed by atoms with van der Waals surface area (Å²) in [5.41, 5.74) is 3.24. The first-order valence-corrected chi connectivity index (χ1v) is 10.1. The molecule has 0 spiro atoms. The molecule has 1 N–H and O–H groups in total. The summed E-state index contributed by atoms with van der Waals surface area (Å²) in [6.07, 6.45) is 2.96. The molecule has 0 saturated carbocycles. The van der Waals surface area contributed by atoms with Gasteiger partial charge in [0.25, 0.3) is 0 Å². The topological polar surface area (TPSA) is 95.3 Å². The first kappa shape index (κ1) is 20.4. The first-order valence-electron chi connectivity index (χ1n) is 10.1. The molecule has 1 fully saturated rings. The van der Waals surface area contributed by atoms with Crippen molar-refractivity contribution in [3.05, 3.63) is 65.9 Å². The van der Waals surface area contributed by atoms with E-state index in [1.54, 1.807) is 30.5 Å². The number of esters is 1. The quantitative estimate of drug-likeness (QED) is 0.654. The normalized spacial score (nSPS) is 14.1. The van der Waals surface area contributed by atoms with Gasteiger partial charge in [0.05, 0.1) is 29.4 Å². The summed E-state index contributed by atoms with van der Waals surface area (Å²) in [4.78, 5) is 31.0. The average molecular weight is 414 g/mol. The minimum absolute atomic E-state index is 0.0678. The van der Waals surface area contributed by atoms with Crippen LogP contribution in [0.2, 0.25) is 0 Å². The van der Waals surface area contributed by atoms with Gasteiger partial charge in [-0.3, -0.25) is 9.78 Å². The summed E-state index contributed by atoms with van der Waals surface area (Å²) in [6, 6.07) is 16.7. The standard InChI is InChI=1S/C24H22N4O3/c1-31-24(30)17-5-4-6-19(13-17)27-23(29)16-9-11-28(12-10-16)22-18(14-25)15-26-21-8-3-2-7-20(21)22/h2-8,13,15-16H,9-12H2,1H3,(H,27,29). The van der Waals surface area contributed by atoms with E-state index in [2.05, 4.69) is 21.3 Å². The maximum atomic E-state index is 12.8. The number of carbonyl (C=O) groups excluding carboxylic acids is 2. The zero-order valence-electron chi connectivity index (χ0n) is 17.2. The van der Waals surface area contributed by atoms with Gasteiger partial charge in [-0.05, 0) is 37.1 Å². The lowest BCUT2D eigenvalue weighted by atomic mass is 9.94. The summed E-state index contributed by atoms with van der Waals surface area (Å²) in [5.74, 6) is -0.652. The summed E-state index contributed by atoms with van der Waals surface area (Å²) in [6.45, 7) is 1.34. The molecule has 0 atom stereocenters. The molecule has 1 amide bonds. The van der Waals surface area contributed by atoms with Crippen molar-refractivity contribution in [3.8, 4) is 6.07 Å². The van der Waals surface area contributed by atoms with Crippen LogP contribution in [-0.2, 0) is 9.53 Å². The second-order valence-electron chi connectivity index (χ2n) is 7.47. The fourth-order valence-electron chi connectivity index (χ4n) is 4.00. The largest absolute Gasteiger partial charge is 0.465 e. The van der Waals surface area contributed by atoms with Crippen LogP contribution in [-0.4, -0.2) is 37.1 Å². The highest BCUT2D eigenvalue weighted by molar-refractivity contribution is 5.96. The number of para-hydroxylation sites is 1. The van der Waals surface area contributed by atoms with Gasteiger partial charge in [-0.25, -0.2) is 4.79 Å². The number of nitriles is 1. The summed E-state index contributed by atoms with van der Waals surface area (Å²) in [7, 11) is 1.32. The number of methoxy groups -OCH3 is 1. The van der Waals surface area contributed by atoms with Crippen molar-refractivity contribution in [2.24, 2.45) is 5.92 Å². The maximum absolute atomic E-state index is 12.8. The molecule has 1 aliphatic rings. The van der Waals surface area contributed by atoms with Gasteiger partial charge in [0.1, 0.15) is 6.07 Å². The molecule has 3 aromatic rings. The molecule has 0 bridgehead atoms. The zero-order valence-corrected chi connectivity index (χ0v) is 17.2. The number of nitrogens with zero attached hydrogens (tertiary/aromatic N) is 3. The Kier molecular flexibility index (Phi) is 5.80. The van der Waals surface area contributed by atoms with E-state index in [0.717, 1.165) is 16.6 Å². The van der Waals surface area contributed by atoms with E-state index in [0.29, 0.717) is 42.7 Å². The van der Waals surface area contributed by atoms with Crippen LogP contribution < -0.4 is 10.2 Å². The number of benzene rings is 2. The number of amides is 1. The number of pyridine rings is 1. The van der Waals surface area contributed by atoms with Crippen LogP contribution in [0.1, 0.15) is 28.8 Å². The predicted octanol–water partition coefficient (Wildman–Crippen LogP) is 3.75. The van der Waals surface area contributed by atoms with Crippen molar-refractivity contribution in [1.29, 1.82) is 5.26 Å². The van der Waals surface area contributed by atoms with Crippen LogP contribution >= 0.6 is 0 Å². The highest BCUT2D eigenvalue weighted by Crippen LogP contribution is 2.32. The lowest BCUT2D eigenvalue weighted by molar-refractivity contribution is -0.120. The van der Waals surface area contributed by atoms with Gasteiger partial charge in [0.15, 0.2) is 0 Å². The highest BCUT2D eigenvalue weighted by atomic mass is 16.5. The number of nitrogens with one attached hydrogen (secondary N) is 1. The predicted molar refractivity (Wildman–Crippen MR) is 118 cm³/mol. The van der Waals surface area contributed by atoms with Crippen molar-refractivity contribution in [3.63, 3.8) is 0 Å². The van der Waals surface area contributed by atoms with Gasteiger partial charge in [0, 0.05) is 36.3 Å². The van der Waals surface area contributed by atoms with Crippen LogP contribution in [0.15, 0.2) is 54.7 Å². The SMILES string of the molecule is COC(=O)c1cccc(NC(=O)C2CCN(c3c(C#N)cnc4ccccc34)CC2)c1. The third-order valence-corrected chi connectivity index (χ3v) is 5.60. The molecule has 7 heteroatoms. The third kappa shape index (κ3) is 4.19. The first-order chi connectivity index (χ1) is 15.1. The molecule has 156 valence electrons. The van der Waals surface area contributed by atoms with Gasteiger partial charge in [0.2, 0.25) is 5.91 Å².